The lowest BCUT2D eigenvalue weighted by Gasteiger charge is -2.27. The summed E-state index contributed by atoms with van der Waals surface area (Å²) in [5, 5.41) is 0.615. The van der Waals surface area contributed by atoms with Gasteiger partial charge in [-0.15, -0.1) is 0 Å². The summed E-state index contributed by atoms with van der Waals surface area (Å²) >= 11 is 6.13. The van der Waals surface area contributed by atoms with Gasteiger partial charge in [0, 0.05) is 24.2 Å². The number of halogens is 1. The highest BCUT2D eigenvalue weighted by Gasteiger charge is 2.45. The van der Waals surface area contributed by atoms with Crippen LogP contribution in [0.3, 0.4) is 0 Å². The first-order valence-corrected chi connectivity index (χ1v) is 10.8. The molecule has 0 radical (unpaired) electrons. The molecule has 0 aromatic heterocycles. The summed E-state index contributed by atoms with van der Waals surface area (Å²) in [6.45, 7) is 3.67. The van der Waals surface area contributed by atoms with Crippen LogP contribution in [0.2, 0.25) is 5.02 Å². The van der Waals surface area contributed by atoms with Gasteiger partial charge < -0.3 is 4.90 Å². The minimum Gasteiger partial charge on any atom is -0.306 e. The zero-order valence-electron chi connectivity index (χ0n) is 15.8. The summed E-state index contributed by atoms with van der Waals surface area (Å²) in [7, 11) is 2.54. The zero-order chi connectivity index (χ0) is 18.5. The van der Waals surface area contributed by atoms with E-state index in [9.17, 15) is 8.42 Å². The average Bonchev–Trinajstić information content (AvgIpc) is 3.08. The fourth-order valence-corrected chi connectivity index (χ4v) is 6.54. The second kappa shape index (κ2) is 6.84. The molecule has 140 valence electrons. The van der Waals surface area contributed by atoms with Gasteiger partial charge in [-0.05, 0) is 88.7 Å². The maximum Gasteiger partial charge on any atom is 0.243 e. The van der Waals surface area contributed by atoms with Crippen LogP contribution >= 0.6 is 11.6 Å². The topological polar surface area (TPSA) is 40.6 Å². The van der Waals surface area contributed by atoms with E-state index in [2.05, 4.69) is 19.0 Å². The molecule has 4 nitrogen and oxygen atoms in total. The number of aryl methyl sites for hydroxylation is 2. The average molecular weight is 385 g/mol. The van der Waals surface area contributed by atoms with Gasteiger partial charge >= 0.3 is 0 Å². The van der Waals surface area contributed by atoms with Crippen LogP contribution in [-0.2, 0) is 10.0 Å². The highest BCUT2D eigenvalue weighted by molar-refractivity contribution is 7.89. The molecule has 2 aliphatic carbocycles. The van der Waals surface area contributed by atoms with Crippen molar-refractivity contribution in [2.24, 2.45) is 11.8 Å². The molecule has 0 bridgehead atoms. The molecule has 1 aromatic carbocycles. The van der Waals surface area contributed by atoms with Crippen molar-refractivity contribution < 1.29 is 8.42 Å². The number of nitrogens with zero attached hydrogens (tertiary/aromatic N) is 2. The molecule has 0 aliphatic heterocycles. The molecular formula is C19H29ClN2O2S. The van der Waals surface area contributed by atoms with Gasteiger partial charge in [-0.25, -0.2) is 8.42 Å². The van der Waals surface area contributed by atoms with E-state index in [-0.39, 0.29) is 6.04 Å². The third kappa shape index (κ3) is 3.48. The van der Waals surface area contributed by atoms with Crippen molar-refractivity contribution in [3.8, 4) is 0 Å². The molecule has 4 atom stereocenters. The van der Waals surface area contributed by atoms with E-state index >= 15 is 0 Å². The highest BCUT2D eigenvalue weighted by atomic mass is 35.5. The van der Waals surface area contributed by atoms with Crippen molar-refractivity contribution in [1.82, 2.24) is 9.21 Å². The SMILES string of the molecule is Cc1cc(S(=O)(=O)N(C)C2C[C@H]3CC(N(C)C)C[C@H]3C2)c(C)cc1Cl. The van der Waals surface area contributed by atoms with Crippen LogP contribution in [0.4, 0.5) is 0 Å². The maximum absolute atomic E-state index is 13.2. The molecular weight excluding hydrogens is 356 g/mol. The van der Waals surface area contributed by atoms with Crippen molar-refractivity contribution in [3.63, 3.8) is 0 Å². The molecule has 0 saturated heterocycles. The van der Waals surface area contributed by atoms with Gasteiger partial charge in [0.15, 0.2) is 0 Å². The minimum absolute atomic E-state index is 0.110. The van der Waals surface area contributed by atoms with E-state index < -0.39 is 10.0 Å². The second-order valence-electron chi connectivity index (χ2n) is 8.12. The van der Waals surface area contributed by atoms with Crippen LogP contribution in [0.5, 0.6) is 0 Å². The Labute approximate surface area is 157 Å². The number of rotatable bonds is 4. The molecule has 0 N–H and O–H groups in total. The lowest BCUT2D eigenvalue weighted by Crippen LogP contribution is -2.37. The minimum atomic E-state index is -3.49. The zero-order valence-corrected chi connectivity index (χ0v) is 17.4. The van der Waals surface area contributed by atoms with Crippen molar-refractivity contribution in [3.05, 3.63) is 28.3 Å². The van der Waals surface area contributed by atoms with Crippen molar-refractivity contribution in [1.29, 1.82) is 0 Å². The predicted octanol–water partition coefficient (Wildman–Crippen LogP) is 3.70. The molecule has 2 aliphatic rings. The molecule has 2 unspecified atom stereocenters. The second-order valence-corrected chi connectivity index (χ2v) is 10.5. The van der Waals surface area contributed by atoms with E-state index in [0.29, 0.717) is 33.4 Å². The fourth-order valence-electron chi connectivity index (χ4n) is 4.65. The summed E-state index contributed by atoms with van der Waals surface area (Å²) in [5.74, 6) is 1.31. The van der Waals surface area contributed by atoms with Crippen molar-refractivity contribution in [2.75, 3.05) is 21.1 Å². The summed E-state index contributed by atoms with van der Waals surface area (Å²) in [6.07, 6.45) is 4.36. The quantitative estimate of drug-likeness (QED) is 0.794. The van der Waals surface area contributed by atoms with Gasteiger partial charge in [0.2, 0.25) is 10.0 Å². The largest absolute Gasteiger partial charge is 0.306 e. The van der Waals surface area contributed by atoms with E-state index in [1.807, 2.05) is 13.8 Å². The van der Waals surface area contributed by atoms with Gasteiger partial charge in [0.1, 0.15) is 0 Å². The number of sulfonamides is 1. The van der Waals surface area contributed by atoms with E-state index in [1.165, 1.54) is 12.8 Å². The number of hydrogen-bond donors (Lipinski definition) is 0. The van der Waals surface area contributed by atoms with Gasteiger partial charge in [-0.3, -0.25) is 0 Å². The summed E-state index contributed by atoms with van der Waals surface area (Å²) < 4.78 is 28.0. The Hall–Kier alpha value is -0.620. The summed E-state index contributed by atoms with van der Waals surface area (Å²) in [5.41, 5.74) is 1.52. The Morgan fingerprint density at radius 2 is 1.44 bits per heavy atom. The van der Waals surface area contributed by atoms with Crippen LogP contribution < -0.4 is 0 Å². The van der Waals surface area contributed by atoms with Crippen molar-refractivity contribution in [2.45, 2.75) is 56.5 Å². The van der Waals surface area contributed by atoms with Crippen LogP contribution in [0.15, 0.2) is 17.0 Å². The molecule has 2 saturated carbocycles. The van der Waals surface area contributed by atoms with E-state index in [0.717, 1.165) is 18.4 Å². The smallest absolute Gasteiger partial charge is 0.243 e. The molecule has 0 spiro atoms. The van der Waals surface area contributed by atoms with Crippen molar-refractivity contribution >= 4 is 21.6 Å². The molecule has 1 aromatic rings. The predicted molar refractivity (Wildman–Crippen MR) is 103 cm³/mol. The van der Waals surface area contributed by atoms with Gasteiger partial charge in [-0.1, -0.05) is 11.6 Å². The molecule has 0 heterocycles. The lowest BCUT2D eigenvalue weighted by molar-refractivity contribution is 0.268. The third-order valence-electron chi connectivity index (χ3n) is 6.32. The Bertz CT molecular complexity index is 749. The Morgan fingerprint density at radius 1 is 0.920 bits per heavy atom. The lowest BCUT2D eigenvalue weighted by atomic mass is 10.0. The normalized spacial score (nSPS) is 29.6. The molecule has 2 fully saturated rings. The third-order valence-corrected chi connectivity index (χ3v) is 8.78. The van der Waals surface area contributed by atoms with Gasteiger partial charge in [0.25, 0.3) is 0 Å². The molecule has 6 heteroatoms. The van der Waals surface area contributed by atoms with Gasteiger partial charge in [0.05, 0.1) is 4.90 Å². The van der Waals surface area contributed by atoms with Crippen LogP contribution in [0.25, 0.3) is 0 Å². The van der Waals surface area contributed by atoms with E-state index in [1.54, 1.807) is 23.5 Å². The molecule has 25 heavy (non-hydrogen) atoms. The number of hydrogen-bond acceptors (Lipinski definition) is 3. The monoisotopic (exact) mass is 384 g/mol. The highest BCUT2D eigenvalue weighted by Crippen LogP contribution is 2.47. The Morgan fingerprint density at radius 3 is 1.96 bits per heavy atom. The van der Waals surface area contributed by atoms with Crippen LogP contribution in [-0.4, -0.2) is 50.8 Å². The Balaban J connectivity index is 1.78. The fraction of sp³-hybridized carbons (Fsp3) is 0.684. The molecule has 3 rings (SSSR count). The number of benzene rings is 1. The van der Waals surface area contributed by atoms with Crippen LogP contribution in [0.1, 0.15) is 36.8 Å². The summed E-state index contributed by atoms with van der Waals surface area (Å²) in [6, 6.07) is 4.22. The van der Waals surface area contributed by atoms with Crippen LogP contribution in [0, 0.1) is 25.7 Å². The Kier molecular flexibility index (Phi) is 5.24. The number of fused-ring (bicyclic) bond motifs is 1. The summed E-state index contributed by atoms with van der Waals surface area (Å²) in [4.78, 5) is 2.70. The molecule has 0 amide bonds. The first kappa shape index (κ1) is 19.2. The maximum atomic E-state index is 13.2. The first-order chi connectivity index (χ1) is 11.6. The van der Waals surface area contributed by atoms with Gasteiger partial charge in [-0.2, -0.15) is 4.31 Å². The first-order valence-electron chi connectivity index (χ1n) is 9.02. The standard InChI is InChI=1S/C19H29ClN2O2S/c1-12-7-19(13(2)6-18(12)20)25(23,24)22(5)17-10-14-8-16(21(3)4)9-15(14)11-17/h6-7,14-17H,8-11H2,1-5H3/t14-,15+,16?,17?. The van der Waals surface area contributed by atoms with E-state index in [4.69, 9.17) is 11.6 Å².